The van der Waals surface area contributed by atoms with Crippen molar-refractivity contribution in [1.29, 1.82) is 0 Å². The smallest absolute Gasteiger partial charge is 0.228 e. The molecule has 7 heterocycles. The van der Waals surface area contributed by atoms with Crippen LogP contribution in [0.1, 0.15) is 56.2 Å². The average Bonchev–Trinajstić information content (AvgIpc) is 4.10. The van der Waals surface area contributed by atoms with Gasteiger partial charge in [0.05, 0.1) is 51.2 Å². The molecule has 0 saturated carbocycles. The molecule has 7 aromatic rings. The molecule has 0 amide bonds. The van der Waals surface area contributed by atoms with E-state index in [0.717, 1.165) is 78.0 Å². The monoisotopic (exact) mass is 822 g/mol. The molecule has 0 radical (unpaired) electrons. The molecule has 2 aliphatic heterocycles. The average molecular weight is 823 g/mol. The summed E-state index contributed by atoms with van der Waals surface area (Å²) in [5.74, 6) is 1.39. The van der Waals surface area contributed by atoms with Gasteiger partial charge in [0.25, 0.3) is 0 Å². The summed E-state index contributed by atoms with van der Waals surface area (Å²) in [6.07, 6.45) is 11.0. The van der Waals surface area contributed by atoms with Crippen molar-refractivity contribution in [2.75, 3.05) is 28.4 Å². The maximum atomic E-state index is 5.91. The minimum atomic E-state index is 0.348. The fourth-order valence-corrected chi connectivity index (χ4v) is 9.16. The maximum Gasteiger partial charge on any atom is 0.228 e. The zero-order valence-electron chi connectivity index (χ0n) is 36.4. The number of aryl methyl sites for hydroxylation is 6. The Morgan fingerprint density at radius 3 is 0.871 bits per heavy atom. The molecule has 0 saturated heterocycles. The van der Waals surface area contributed by atoms with Crippen LogP contribution in [0.4, 0.5) is 0 Å². The highest BCUT2D eigenvalue weighted by molar-refractivity contribution is 6.02. The summed E-state index contributed by atoms with van der Waals surface area (Å²) in [7, 11) is 6.37. The fraction of sp³-hybridized carbons (Fsp3) is 0.200. The highest BCUT2D eigenvalue weighted by Gasteiger charge is 2.26. The van der Waals surface area contributed by atoms with Gasteiger partial charge in [-0.2, -0.15) is 0 Å². The van der Waals surface area contributed by atoms with Crippen molar-refractivity contribution in [3.63, 3.8) is 0 Å². The number of H-pyrrole nitrogens is 2. The van der Waals surface area contributed by atoms with Crippen molar-refractivity contribution < 1.29 is 18.9 Å². The largest absolute Gasteiger partial charge is 0.480 e. The number of nitrogens with zero attached hydrogens (tertiary/aromatic N) is 6. The summed E-state index contributed by atoms with van der Waals surface area (Å²) < 4.78 is 23.7. The van der Waals surface area contributed by atoms with Crippen LogP contribution in [0.3, 0.4) is 0 Å². The van der Waals surface area contributed by atoms with Gasteiger partial charge < -0.3 is 28.9 Å². The van der Waals surface area contributed by atoms with Gasteiger partial charge in [0.15, 0.2) is 0 Å². The first-order valence-electron chi connectivity index (χ1n) is 20.2. The van der Waals surface area contributed by atoms with Crippen LogP contribution < -0.4 is 18.9 Å². The van der Waals surface area contributed by atoms with Crippen molar-refractivity contribution in [1.82, 2.24) is 39.9 Å². The molecule has 62 heavy (non-hydrogen) atoms. The van der Waals surface area contributed by atoms with Crippen LogP contribution in [0.15, 0.2) is 61.2 Å². The van der Waals surface area contributed by atoms with Crippen molar-refractivity contribution in [3.05, 3.63) is 117 Å². The third-order valence-electron chi connectivity index (χ3n) is 11.4. The predicted molar refractivity (Wildman–Crippen MR) is 246 cm³/mol. The SMILES string of the molecule is COc1ncnc(OC)c1-c1c2nc(c(-c3c(C)cc(C)cc3C)c3ccc([nH]3)c(-c3c(OC)ncnc3OC)c3nc(c(-c4c(C)cc(C)cc4C)c4ccc1[nH]4)C=C3)C=C2. The number of hydrogen-bond acceptors (Lipinski definition) is 10. The van der Waals surface area contributed by atoms with Gasteiger partial charge >= 0.3 is 0 Å². The second-order valence-electron chi connectivity index (χ2n) is 15.6. The Morgan fingerprint density at radius 2 is 0.613 bits per heavy atom. The van der Waals surface area contributed by atoms with E-state index in [9.17, 15) is 0 Å². The molecule has 2 N–H and O–H groups in total. The van der Waals surface area contributed by atoms with Crippen LogP contribution in [-0.4, -0.2) is 68.3 Å². The van der Waals surface area contributed by atoms with E-state index in [2.05, 4.69) is 132 Å². The van der Waals surface area contributed by atoms with Crippen molar-refractivity contribution in [2.45, 2.75) is 41.5 Å². The Bertz CT molecular complexity index is 2910. The minimum Gasteiger partial charge on any atom is -0.480 e. The van der Waals surface area contributed by atoms with Gasteiger partial charge in [-0.05, 0) is 123 Å². The zero-order chi connectivity index (χ0) is 43.4. The topological polar surface area (TPSA) is 146 Å². The lowest BCUT2D eigenvalue weighted by molar-refractivity contribution is 0.374. The number of aromatic amines is 2. The number of nitrogens with one attached hydrogen (secondary N) is 2. The van der Waals surface area contributed by atoms with E-state index in [0.29, 0.717) is 57.2 Å². The molecule has 0 spiro atoms. The minimum absolute atomic E-state index is 0.348. The van der Waals surface area contributed by atoms with Gasteiger partial charge in [-0.15, -0.1) is 0 Å². The highest BCUT2D eigenvalue weighted by atomic mass is 16.5. The normalized spacial score (nSPS) is 11.9. The van der Waals surface area contributed by atoms with E-state index in [1.54, 1.807) is 28.4 Å². The fourth-order valence-electron chi connectivity index (χ4n) is 9.16. The molecular formula is C50H46N8O4. The van der Waals surface area contributed by atoms with Gasteiger partial charge in [0.1, 0.15) is 23.8 Å². The number of rotatable bonds is 8. The third-order valence-corrected chi connectivity index (χ3v) is 11.4. The number of hydrogen-bond donors (Lipinski definition) is 2. The molecule has 12 nitrogen and oxygen atoms in total. The zero-order valence-corrected chi connectivity index (χ0v) is 36.4. The Kier molecular flexibility index (Phi) is 10.1. The molecule has 0 aliphatic carbocycles. The van der Waals surface area contributed by atoms with Gasteiger partial charge in [0.2, 0.25) is 23.5 Å². The third kappa shape index (κ3) is 6.64. The predicted octanol–water partition coefficient (Wildman–Crippen LogP) is 10.8. The van der Waals surface area contributed by atoms with Gasteiger partial charge in [-0.1, -0.05) is 35.4 Å². The summed E-state index contributed by atoms with van der Waals surface area (Å²) in [5, 5.41) is 0. The molecule has 2 aromatic carbocycles. The number of ether oxygens (including phenoxy) is 4. The first-order valence-corrected chi connectivity index (χ1v) is 20.2. The molecule has 0 fully saturated rings. The van der Waals surface area contributed by atoms with Crippen LogP contribution in [0, 0.1) is 41.5 Å². The summed E-state index contributed by atoms with van der Waals surface area (Å²) in [4.78, 5) is 36.7. The van der Waals surface area contributed by atoms with E-state index in [1.807, 2.05) is 12.2 Å². The standard InChI is InChI=1S/C50H46N8O4/c1-25-19-27(3)39(28(4)20-25)41-31-11-15-35(55-31)43(45-47(59-7)51-23-52-48(45)60-8)37-17-13-33(57-37)42(40-29(5)21-26(2)22-30(40)6)34-14-18-38(58-34)44(36-16-12-32(41)56-36)46-49(61-9)53-24-54-50(46)62-10/h11-24,55,58H,1-10H3. The Hall–Kier alpha value is -7.60. The van der Waals surface area contributed by atoms with Crippen molar-refractivity contribution in [3.8, 4) is 68.0 Å². The number of benzene rings is 2. The molecular weight excluding hydrogens is 777 g/mol. The van der Waals surface area contributed by atoms with Crippen LogP contribution in [-0.2, 0) is 0 Å². The number of methoxy groups -OCH3 is 4. The first kappa shape index (κ1) is 39.8. The Morgan fingerprint density at radius 1 is 0.355 bits per heavy atom. The highest BCUT2D eigenvalue weighted by Crippen LogP contribution is 2.45. The quantitative estimate of drug-likeness (QED) is 0.152. The van der Waals surface area contributed by atoms with Crippen LogP contribution in [0.25, 0.3) is 90.9 Å². The van der Waals surface area contributed by atoms with E-state index < -0.39 is 0 Å². The lowest BCUT2D eigenvalue weighted by Crippen LogP contribution is -2.00. The molecule has 0 atom stereocenters. The van der Waals surface area contributed by atoms with Crippen LogP contribution in [0.2, 0.25) is 0 Å². The molecule has 5 aromatic heterocycles. The molecule has 12 heteroatoms. The molecule has 9 rings (SSSR count). The van der Waals surface area contributed by atoms with Crippen LogP contribution >= 0.6 is 0 Å². The van der Waals surface area contributed by atoms with Gasteiger partial charge in [-0.3, -0.25) is 0 Å². The Balaban J connectivity index is 1.55. The molecule has 0 unspecified atom stereocenters. The van der Waals surface area contributed by atoms with Crippen LogP contribution in [0.5, 0.6) is 23.5 Å². The lowest BCUT2D eigenvalue weighted by atomic mass is 9.92. The summed E-state index contributed by atoms with van der Waals surface area (Å²) in [5.41, 5.74) is 19.3. The van der Waals surface area contributed by atoms with E-state index in [1.165, 1.54) is 23.8 Å². The summed E-state index contributed by atoms with van der Waals surface area (Å²) in [6.45, 7) is 12.8. The molecule has 310 valence electrons. The van der Waals surface area contributed by atoms with Crippen molar-refractivity contribution in [2.24, 2.45) is 0 Å². The molecule has 8 bridgehead atoms. The molecule has 2 aliphatic rings. The Labute approximate surface area is 359 Å². The second-order valence-corrected chi connectivity index (χ2v) is 15.6. The van der Waals surface area contributed by atoms with E-state index in [-0.39, 0.29) is 0 Å². The summed E-state index contributed by atoms with van der Waals surface area (Å²) in [6, 6.07) is 17.1. The van der Waals surface area contributed by atoms with E-state index in [4.69, 9.17) is 28.9 Å². The summed E-state index contributed by atoms with van der Waals surface area (Å²) >= 11 is 0. The number of fused-ring (bicyclic) bond motifs is 8. The second kappa shape index (κ2) is 15.8. The van der Waals surface area contributed by atoms with Gasteiger partial charge in [-0.25, -0.2) is 29.9 Å². The lowest BCUT2D eigenvalue weighted by Gasteiger charge is -2.14. The maximum absolute atomic E-state index is 5.91. The first-order chi connectivity index (χ1) is 30.0. The van der Waals surface area contributed by atoms with Crippen molar-refractivity contribution >= 4 is 46.4 Å². The van der Waals surface area contributed by atoms with E-state index >= 15 is 0 Å². The van der Waals surface area contributed by atoms with Gasteiger partial charge in [0, 0.05) is 44.3 Å². The number of aromatic nitrogens is 8.